The van der Waals surface area contributed by atoms with Crippen LogP contribution in [0.25, 0.3) is 5.69 Å². The smallest absolute Gasteiger partial charge is 0.256 e. The van der Waals surface area contributed by atoms with Crippen LogP contribution in [-0.2, 0) is 0 Å². The van der Waals surface area contributed by atoms with Gasteiger partial charge in [0.2, 0.25) is 0 Å². The molecule has 1 aliphatic rings. The first-order valence-corrected chi connectivity index (χ1v) is 9.30. The molecule has 2 N–H and O–H groups in total. The highest BCUT2D eigenvalue weighted by Crippen LogP contribution is 2.33. The van der Waals surface area contributed by atoms with E-state index >= 15 is 0 Å². The van der Waals surface area contributed by atoms with Gasteiger partial charge in [-0.05, 0) is 37.1 Å². The highest BCUT2D eigenvalue weighted by Gasteiger charge is 2.36. The van der Waals surface area contributed by atoms with Crippen molar-refractivity contribution in [2.45, 2.75) is 12.8 Å². The predicted octanol–water partition coefficient (Wildman–Crippen LogP) is 3.84. The number of hydrogen-bond donors (Lipinski definition) is 1. The molecule has 29 heavy (non-hydrogen) atoms. The molecule has 5 nitrogen and oxygen atoms in total. The number of aromatic nitrogens is 2. The fourth-order valence-electron chi connectivity index (χ4n) is 3.97. The van der Waals surface area contributed by atoms with Gasteiger partial charge in [-0.2, -0.15) is 0 Å². The highest BCUT2D eigenvalue weighted by atomic mass is 35.5. The van der Waals surface area contributed by atoms with Crippen LogP contribution in [0.3, 0.4) is 0 Å². The minimum atomic E-state index is 0. The molecule has 0 unspecified atom stereocenters. The van der Waals surface area contributed by atoms with Crippen molar-refractivity contribution in [3.8, 4) is 5.69 Å². The van der Waals surface area contributed by atoms with Crippen LogP contribution in [0.1, 0.15) is 27.4 Å². The molecular weight excluding hydrogens is 407 g/mol. The Morgan fingerprint density at radius 2 is 1.90 bits per heavy atom. The largest absolute Gasteiger partial charge is 0.338 e. The molecule has 2 heterocycles. The van der Waals surface area contributed by atoms with E-state index in [1.165, 1.54) is 5.56 Å². The standard InChI is InChI=1S/C22H24N4O.2ClH/c1-16-7-8-21(25-10-9-24-15-25)19(11-16)22(27)26-13-18(12-23)20(14-26)17-5-3-2-4-6-17;;/h2-11,15,18,20H,12-14,23H2,1H3;2*1H/t18-,20+;;/m1../s1. The van der Waals surface area contributed by atoms with Gasteiger partial charge in [0.15, 0.2) is 0 Å². The van der Waals surface area contributed by atoms with Gasteiger partial charge in [-0.15, -0.1) is 24.8 Å². The number of benzene rings is 2. The third kappa shape index (κ3) is 4.64. The lowest BCUT2D eigenvalue weighted by atomic mass is 9.89. The summed E-state index contributed by atoms with van der Waals surface area (Å²) in [6.07, 6.45) is 5.31. The molecule has 1 fully saturated rings. The molecule has 2 atom stereocenters. The number of nitrogens with two attached hydrogens (primary N) is 1. The van der Waals surface area contributed by atoms with Crippen molar-refractivity contribution in [2.75, 3.05) is 19.6 Å². The van der Waals surface area contributed by atoms with Crippen LogP contribution in [0.5, 0.6) is 0 Å². The first-order chi connectivity index (χ1) is 13.2. The third-order valence-corrected chi connectivity index (χ3v) is 5.42. The van der Waals surface area contributed by atoms with Crippen molar-refractivity contribution >= 4 is 30.7 Å². The Balaban J connectivity index is 0.00000150. The third-order valence-electron chi connectivity index (χ3n) is 5.42. The second-order valence-corrected chi connectivity index (χ2v) is 7.21. The topological polar surface area (TPSA) is 64.2 Å². The maximum absolute atomic E-state index is 13.4. The molecule has 7 heteroatoms. The Hall–Kier alpha value is -2.34. The van der Waals surface area contributed by atoms with Crippen LogP contribution in [0.15, 0.2) is 67.3 Å². The Kier molecular flexibility index (Phi) is 7.85. The Labute approximate surface area is 183 Å². The van der Waals surface area contributed by atoms with Crippen LogP contribution in [0.2, 0.25) is 0 Å². The lowest BCUT2D eigenvalue weighted by Crippen LogP contribution is -2.30. The molecule has 1 saturated heterocycles. The second kappa shape index (κ2) is 9.92. The van der Waals surface area contributed by atoms with Crippen molar-refractivity contribution in [1.82, 2.24) is 14.5 Å². The van der Waals surface area contributed by atoms with Gasteiger partial charge < -0.3 is 15.2 Å². The van der Waals surface area contributed by atoms with Gasteiger partial charge in [0.25, 0.3) is 5.91 Å². The van der Waals surface area contributed by atoms with Crippen LogP contribution in [-0.4, -0.2) is 40.0 Å². The summed E-state index contributed by atoms with van der Waals surface area (Å²) < 4.78 is 1.89. The number of nitrogens with zero attached hydrogens (tertiary/aromatic N) is 3. The average molecular weight is 433 g/mol. The van der Waals surface area contributed by atoms with Crippen molar-refractivity contribution in [3.63, 3.8) is 0 Å². The number of hydrogen-bond acceptors (Lipinski definition) is 3. The lowest BCUT2D eigenvalue weighted by molar-refractivity contribution is 0.0786. The summed E-state index contributed by atoms with van der Waals surface area (Å²) in [5, 5.41) is 0. The molecule has 0 spiro atoms. The molecule has 0 bridgehead atoms. The van der Waals surface area contributed by atoms with Gasteiger partial charge in [0, 0.05) is 31.4 Å². The van der Waals surface area contributed by atoms with Crippen LogP contribution in [0.4, 0.5) is 0 Å². The summed E-state index contributed by atoms with van der Waals surface area (Å²) in [4.78, 5) is 19.5. The molecule has 2 aromatic carbocycles. The summed E-state index contributed by atoms with van der Waals surface area (Å²) in [5.41, 5.74) is 9.92. The molecule has 0 radical (unpaired) electrons. The molecular formula is C22H26Cl2N4O. The number of rotatable bonds is 4. The summed E-state index contributed by atoms with van der Waals surface area (Å²) in [6, 6.07) is 16.3. The first kappa shape index (κ1) is 22.9. The van der Waals surface area contributed by atoms with E-state index in [4.69, 9.17) is 5.73 Å². The SMILES string of the molecule is Cc1ccc(-n2ccnc2)c(C(=O)N2C[C@@H](CN)[C@H](c3ccccc3)C2)c1.Cl.Cl. The number of amides is 1. The van der Waals surface area contributed by atoms with Crippen molar-refractivity contribution in [2.24, 2.45) is 11.7 Å². The Bertz CT molecular complexity index is 931. The van der Waals surface area contributed by atoms with Crippen molar-refractivity contribution < 1.29 is 4.79 Å². The van der Waals surface area contributed by atoms with Gasteiger partial charge in [0.1, 0.15) is 0 Å². The fraction of sp³-hybridized carbons (Fsp3) is 0.273. The fourth-order valence-corrected chi connectivity index (χ4v) is 3.97. The minimum Gasteiger partial charge on any atom is -0.338 e. The van der Waals surface area contributed by atoms with E-state index in [1.807, 2.05) is 59.0 Å². The lowest BCUT2D eigenvalue weighted by Gasteiger charge is -2.19. The van der Waals surface area contributed by atoms with E-state index in [9.17, 15) is 4.79 Å². The minimum absolute atomic E-state index is 0. The van der Waals surface area contributed by atoms with E-state index in [2.05, 4.69) is 17.1 Å². The van der Waals surface area contributed by atoms with Crippen molar-refractivity contribution in [1.29, 1.82) is 0 Å². The monoisotopic (exact) mass is 432 g/mol. The number of likely N-dealkylation sites (tertiary alicyclic amines) is 1. The zero-order valence-corrected chi connectivity index (χ0v) is 17.9. The Morgan fingerprint density at radius 1 is 1.14 bits per heavy atom. The summed E-state index contributed by atoms with van der Waals surface area (Å²) in [7, 11) is 0. The summed E-state index contributed by atoms with van der Waals surface area (Å²) in [5.74, 6) is 0.610. The molecule has 0 saturated carbocycles. The normalized spacial score (nSPS) is 18.1. The van der Waals surface area contributed by atoms with Crippen LogP contribution < -0.4 is 5.73 Å². The summed E-state index contributed by atoms with van der Waals surface area (Å²) >= 11 is 0. The average Bonchev–Trinajstić information content (AvgIpc) is 3.38. The highest BCUT2D eigenvalue weighted by molar-refractivity contribution is 5.98. The first-order valence-electron chi connectivity index (χ1n) is 9.30. The second-order valence-electron chi connectivity index (χ2n) is 7.21. The molecule has 1 amide bonds. The van der Waals surface area contributed by atoms with Gasteiger partial charge in [-0.3, -0.25) is 4.79 Å². The van der Waals surface area contributed by atoms with Gasteiger partial charge >= 0.3 is 0 Å². The maximum Gasteiger partial charge on any atom is 0.256 e. The quantitative estimate of drug-likeness (QED) is 0.680. The number of carbonyl (C=O) groups excluding carboxylic acids is 1. The Morgan fingerprint density at radius 3 is 2.55 bits per heavy atom. The van der Waals surface area contributed by atoms with E-state index < -0.39 is 0 Å². The molecule has 3 aromatic rings. The number of carbonyl (C=O) groups is 1. The zero-order chi connectivity index (χ0) is 18.8. The molecule has 1 aromatic heterocycles. The molecule has 0 aliphatic carbocycles. The van der Waals surface area contributed by atoms with E-state index in [0.717, 1.165) is 11.3 Å². The van der Waals surface area contributed by atoms with Gasteiger partial charge in [-0.25, -0.2) is 4.98 Å². The molecule has 4 rings (SSSR count). The number of aryl methyl sites for hydroxylation is 1. The van der Waals surface area contributed by atoms with E-state index in [1.54, 1.807) is 12.5 Å². The van der Waals surface area contributed by atoms with Crippen LogP contribution >= 0.6 is 24.8 Å². The van der Waals surface area contributed by atoms with Crippen LogP contribution in [0, 0.1) is 12.8 Å². The summed E-state index contributed by atoms with van der Waals surface area (Å²) in [6.45, 7) is 3.97. The molecule has 1 aliphatic heterocycles. The number of imidazole rings is 1. The van der Waals surface area contributed by atoms with Crippen molar-refractivity contribution in [3.05, 3.63) is 83.9 Å². The van der Waals surface area contributed by atoms with E-state index in [-0.39, 0.29) is 42.6 Å². The molecule has 154 valence electrons. The van der Waals surface area contributed by atoms with E-state index in [0.29, 0.717) is 25.2 Å². The maximum atomic E-state index is 13.4. The van der Waals surface area contributed by atoms with Gasteiger partial charge in [-0.1, -0.05) is 42.0 Å². The predicted molar refractivity (Wildman–Crippen MR) is 120 cm³/mol. The number of halogens is 2. The zero-order valence-electron chi connectivity index (χ0n) is 16.3. The van der Waals surface area contributed by atoms with Gasteiger partial charge in [0.05, 0.1) is 17.6 Å².